The number of hydrogen-bond donors (Lipinski definition) is 4. The van der Waals surface area contributed by atoms with Gasteiger partial charge < -0.3 is 20.5 Å². The Kier molecular flexibility index (Phi) is 6.06. The Hall–Kier alpha value is -2.04. The van der Waals surface area contributed by atoms with Gasteiger partial charge in [-0.3, -0.25) is 9.80 Å². The molecule has 3 aliphatic heterocycles. The summed E-state index contributed by atoms with van der Waals surface area (Å²) in [5.74, 6) is 0.129. The maximum absolute atomic E-state index is 12.9. The van der Waals surface area contributed by atoms with Gasteiger partial charge in [0.15, 0.2) is 0 Å². The topological polar surface area (TPSA) is 85.9 Å². The van der Waals surface area contributed by atoms with E-state index in [-0.39, 0.29) is 49.3 Å². The number of allylic oxidation sites excluding steroid dienone is 3. The van der Waals surface area contributed by atoms with Crippen LogP contribution in [-0.4, -0.2) is 59.3 Å². The number of carbonyl (C=O) groups is 1. The summed E-state index contributed by atoms with van der Waals surface area (Å²) >= 11 is 0. The van der Waals surface area contributed by atoms with Crippen LogP contribution in [0.15, 0.2) is 35.2 Å². The lowest BCUT2D eigenvalue weighted by atomic mass is 9.90. The molecule has 4 aliphatic rings. The SMILES string of the molecule is CC1CCC(C[C@@H]2NC(=O)C3=C(N2)N(C(C)[C@H]2C=CC(C(F)(F)F)=CC2)N[C@H]3CO)O1. The van der Waals surface area contributed by atoms with E-state index in [0.717, 1.165) is 18.9 Å². The first kappa shape index (κ1) is 22.2. The van der Waals surface area contributed by atoms with Gasteiger partial charge in [0.25, 0.3) is 5.91 Å². The molecule has 0 aromatic carbocycles. The molecule has 1 amide bonds. The minimum atomic E-state index is -4.36. The fraction of sp³-hybridized carbons (Fsp3) is 0.667. The van der Waals surface area contributed by atoms with Crippen LogP contribution in [0.4, 0.5) is 13.2 Å². The molecule has 10 heteroatoms. The number of halogens is 3. The van der Waals surface area contributed by atoms with E-state index in [4.69, 9.17) is 4.74 Å². The molecule has 4 rings (SSSR count). The van der Waals surface area contributed by atoms with Crippen LogP contribution in [0.5, 0.6) is 0 Å². The minimum Gasteiger partial charge on any atom is -0.394 e. The van der Waals surface area contributed by atoms with Crippen molar-refractivity contribution in [1.82, 2.24) is 21.1 Å². The van der Waals surface area contributed by atoms with Crippen LogP contribution in [0.1, 0.15) is 39.5 Å². The van der Waals surface area contributed by atoms with Gasteiger partial charge in [-0.05, 0) is 33.1 Å². The number of amides is 1. The number of nitrogens with one attached hydrogen (secondary N) is 3. The molecule has 0 spiro atoms. The Morgan fingerprint density at radius 2 is 2.10 bits per heavy atom. The molecule has 0 saturated carbocycles. The summed E-state index contributed by atoms with van der Waals surface area (Å²) in [6, 6.07) is -0.826. The second-order valence-corrected chi connectivity index (χ2v) is 8.71. The first-order valence-electron chi connectivity index (χ1n) is 10.8. The number of hydrogen-bond acceptors (Lipinski definition) is 6. The predicted octanol–water partition coefficient (Wildman–Crippen LogP) is 1.84. The van der Waals surface area contributed by atoms with Crippen molar-refractivity contribution in [2.45, 2.75) is 76.2 Å². The Morgan fingerprint density at radius 1 is 1.32 bits per heavy atom. The number of aliphatic hydroxyl groups excluding tert-OH is 1. The number of carbonyl (C=O) groups excluding carboxylic acids is 1. The lowest BCUT2D eigenvalue weighted by Crippen LogP contribution is -2.55. The van der Waals surface area contributed by atoms with Crippen LogP contribution >= 0.6 is 0 Å². The summed E-state index contributed by atoms with van der Waals surface area (Å²) < 4.78 is 44.6. The van der Waals surface area contributed by atoms with E-state index in [2.05, 4.69) is 16.1 Å². The van der Waals surface area contributed by atoms with E-state index >= 15 is 0 Å². The van der Waals surface area contributed by atoms with Crippen molar-refractivity contribution in [3.05, 3.63) is 35.2 Å². The van der Waals surface area contributed by atoms with E-state index in [9.17, 15) is 23.1 Å². The first-order valence-corrected chi connectivity index (χ1v) is 10.8. The number of aliphatic hydroxyl groups is 1. The van der Waals surface area contributed by atoms with Crippen LogP contribution in [0, 0.1) is 5.92 Å². The van der Waals surface area contributed by atoms with Crippen LogP contribution < -0.4 is 16.1 Å². The summed E-state index contributed by atoms with van der Waals surface area (Å²) in [5.41, 5.74) is 2.93. The maximum Gasteiger partial charge on any atom is 0.416 e. The van der Waals surface area contributed by atoms with E-state index in [1.54, 1.807) is 11.1 Å². The zero-order valence-electron chi connectivity index (χ0n) is 17.6. The monoisotopic (exact) mass is 442 g/mol. The normalized spacial score (nSPS) is 34.4. The van der Waals surface area contributed by atoms with Gasteiger partial charge in [0, 0.05) is 12.3 Å². The maximum atomic E-state index is 12.9. The third-order valence-electron chi connectivity index (χ3n) is 6.49. The van der Waals surface area contributed by atoms with Gasteiger partial charge in [-0.2, -0.15) is 13.2 Å². The van der Waals surface area contributed by atoms with Gasteiger partial charge in [0.1, 0.15) is 12.0 Å². The molecule has 172 valence electrons. The fourth-order valence-corrected chi connectivity index (χ4v) is 4.73. The molecule has 3 heterocycles. The number of alkyl halides is 3. The Labute approximate surface area is 179 Å². The highest BCUT2D eigenvalue weighted by Gasteiger charge is 2.43. The molecule has 1 aliphatic carbocycles. The van der Waals surface area contributed by atoms with Crippen molar-refractivity contribution in [3.63, 3.8) is 0 Å². The Bertz CT molecular complexity index is 810. The zero-order valence-corrected chi connectivity index (χ0v) is 17.6. The minimum absolute atomic E-state index is 0.0519. The third-order valence-corrected chi connectivity index (χ3v) is 6.49. The molecule has 0 aromatic rings. The van der Waals surface area contributed by atoms with Crippen molar-refractivity contribution in [2.75, 3.05) is 6.61 Å². The van der Waals surface area contributed by atoms with Gasteiger partial charge in [0.05, 0.1) is 42.0 Å². The molecular formula is C21H29F3N4O3. The van der Waals surface area contributed by atoms with E-state index in [1.165, 1.54) is 6.08 Å². The molecule has 7 nitrogen and oxygen atoms in total. The second kappa shape index (κ2) is 8.48. The summed E-state index contributed by atoms with van der Waals surface area (Å²) in [5, 5.41) is 17.9. The van der Waals surface area contributed by atoms with Crippen LogP contribution in [-0.2, 0) is 9.53 Å². The third kappa shape index (κ3) is 4.47. The van der Waals surface area contributed by atoms with E-state index in [1.807, 2.05) is 13.8 Å². The quantitative estimate of drug-likeness (QED) is 0.520. The van der Waals surface area contributed by atoms with Gasteiger partial charge in [-0.1, -0.05) is 18.2 Å². The number of nitrogens with zero attached hydrogens (tertiary/aromatic N) is 1. The number of ether oxygens (including phenoxy) is 1. The van der Waals surface area contributed by atoms with Crippen molar-refractivity contribution in [3.8, 4) is 0 Å². The Morgan fingerprint density at radius 3 is 2.68 bits per heavy atom. The van der Waals surface area contributed by atoms with E-state index < -0.39 is 17.8 Å². The average molecular weight is 442 g/mol. The highest BCUT2D eigenvalue weighted by molar-refractivity contribution is 5.96. The highest BCUT2D eigenvalue weighted by Crippen LogP contribution is 2.35. The molecule has 0 radical (unpaired) electrons. The molecule has 31 heavy (non-hydrogen) atoms. The molecule has 0 bridgehead atoms. The molecule has 1 saturated heterocycles. The average Bonchev–Trinajstić information content (AvgIpc) is 3.30. The van der Waals surface area contributed by atoms with Crippen molar-refractivity contribution >= 4 is 5.91 Å². The van der Waals surface area contributed by atoms with Gasteiger partial charge in [-0.15, -0.1) is 0 Å². The van der Waals surface area contributed by atoms with Crippen LogP contribution in [0.25, 0.3) is 0 Å². The molecule has 0 aromatic heterocycles. The smallest absolute Gasteiger partial charge is 0.394 e. The number of hydrazine groups is 1. The number of rotatable bonds is 5. The van der Waals surface area contributed by atoms with Crippen molar-refractivity contribution in [2.24, 2.45) is 5.92 Å². The zero-order chi connectivity index (χ0) is 22.3. The molecule has 1 fully saturated rings. The molecular weight excluding hydrogens is 413 g/mol. The summed E-state index contributed by atoms with van der Waals surface area (Å²) in [6.45, 7) is 3.65. The first-order chi connectivity index (χ1) is 14.7. The summed E-state index contributed by atoms with van der Waals surface area (Å²) in [4.78, 5) is 12.8. The largest absolute Gasteiger partial charge is 0.416 e. The summed E-state index contributed by atoms with van der Waals surface area (Å²) in [7, 11) is 0. The Balaban J connectivity index is 1.49. The lowest BCUT2D eigenvalue weighted by molar-refractivity contribution is -0.119. The molecule has 3 unspecified atom stereocenters. The van der Waals surface area contributed by atoms with Crippen LogP contribution in [0.3, 0.4) is 0 Å². The highest BCUT2D eigenvalue weighted by atomic mass is 19.4. The molecule has 4 N–H and O–H groups in total. The van der Waals surface area contributed by atoms with E-state index in [0.29, 0.717) is 17.8 Å². The lowest BCUT2D eigenvalue weighted by Gasteiger charge is -2.37. The molecule has 6 atom stereocenters. The van der Waals surface area contributed by atoms with Gasteiger partial charge in [-0.25, -0.2) is 5.43 Å². The standard InChI is InChI=1S/C21H29F3N4O3/c1-11-3-8-15(31-11)9-17-25-19-18(20(30)26-17)16(10-29)27-28(19)12(2)13-4-6-14(7-5-13)21(22,23)24/h4,6-7,11-13,15-17,25,27,29H,3,5,8-10H2,1-2H3,(H,26,30)/t11?,12?,13-,15?,16-,17-/m0/s1. The van der Waals surface area contributed by atoms with Crippen LogP contribution in [0.2, 0.25) is 0 Å². The van der Waals surface area contributed by atoms with Gasteiger partial charge in [0.2, 0.25) is 0 Å². The fourth-order valence-electron chi connectivity index (χ4n) is 4.73. The van der Waals surface area contributed by atoms with Crippen molar-refractivity contribution in [1.29, 1.82) is 0 Å². The van der Waals surface area contributed by atoms with Gasteiger partial charge >= 0.3 is 6.18 Å². The summed E-state index contributed by atoms with van der Waals surface area (Å²) in [6.07, 6.45) is 2.22. The van der Waals surface area contributed by atoms with Crippen molar-refractivity contribution < 1.29 is 27.8 Å². The predicted molar refractivity (Wildman–Crippen MR) is 107 cm³/mol. The second-order valence-electron chi connectivity index (χ2n) is 8.71.